The molecule has 0 saturated heterocycles. The molecule has 0 radical (unpaired) electrons. The molecule has 0 bridgehead atoms. The Morgan fingerprint density at radius 2 is 2.06 bits per heavy atom. The minimum absolute atomic E-state index is 0.00786. The van der Waals surface area contributed by atoms with Gasteiger partial charge in [0.2, 0.25) is 0 Å². The molecule has 2 rings (SSSR count). The van der Waals surface area contributed by atoms with Gasteiger partial charge in [-0.15, -0.1) is 11.3 Å². The van der Waals surface area contributed by atoms with E-state index < -0.39 is 0 Å². The van der Waals surface area contributed by atoms with Crippen LogP contribution in [0, 0.1) is 12.7 Å². The zero-order valence-corrected chi connectivity index (χ0v) is 11.3. The molecule has 0 aliphatic heterocycles. The maximum atomic E-state index is 14.1. The van der Waals surface area contributed by atoms with E-state index in [0.717, 1.165) is 10.4 Å². The van der Waals surface area contributed by atoms with Crippen molar-refractivity contribution in [3.8, 4) is 0 Å². The first-order chi connectivity index (χ1) is 8.08. The maximum Gasteiger partial charge on any atom is 0.140 e. The van der Waals surface area contributed by atoms with E-state index in [4.69, 9.17) is 0 Å². The van der Waals surface area contributed by atoms with Crippen LogP contribution in [-0.2, 0) is 6.42 Å². The van der Waals surface area contributed by atoms with Crippen LogP contribution in [0.4, 0.5) is 4.39 Å². The first kappa shape index (κ1) is 12.3. The fraction of sp³-hybridized carbons (Fsp3) is 0.333. The molecule has 2 heteroatoms. The molecule has 0 nitrogen and oxygen atoms in total. The molecule has 1 heterocycles. The molecule has 0 atom stereocenters. The molecule has 0 aliphatic rings. The average Bonchev–Trinajstić information content (AvgIpc) is 2.61. The van der Waals surface area contributed by atoms with Gasteiger partial charge in [0.15, 0.2) is 0 Å². The van der Waals surface area contributed by atoms with Gasteiger partial charge < -0.3 is 0 Å². The van der Waals surface area contributed by atoms with Crippen molar-refractivity contribution < 1.29 is 4.39 Å². The van der Waals surface area contributed by atoms with Crippen LogP contribution in [0.2, 0.25) is 0 Å². The summed E-state index contributed by atoms with van der Waals surface area (Å²) in [5.74, 6) is 0.262. The molecule has 1 aromatic heterocycles. The first-order valence-corrected chi connectivity index (χ1v) is 6.77. The quantitative estimate of drug-likeness (QED) is 0.724. The largest absolute Gasteiger partial charge is 0.205 e. The summed E-state index contributed by atoms with van der Waals surface area (Å²) in [6.45, 7) is 6.13. The van der Waals surface area contributed by atoms with E-state index >= 15 is 0 Å². The Morgan fingerprint density at radius 1 is 1.29 bits per heavy atom. The van der Waals surface area contributed by atoms with Crippen LogP contribution in [0.3, 0.4) is 0 Å². The summed E-state index contributed by atoms with van der Waals surface area (Å²) in [5.41, 5.74) is 3.23. The van der Waals surface area contributed by atoms with E-state index in [1.165, 1.54) is 22.5 Å². The lowest BCUT2D eigenvalue weighted by molar-refractivity contribution is 0.596. The van der Waals surface area contributed by atoms with Crippen molar-refractivity contribution in [2.45, 2.75) is 33.1 Å². The maximum absolute atomic E-state index is 14.1. The lowest BCUT2D eigenvalue weighted by Gasteiger charge is -2.03. The Kier molecular flexibility index (Phi) is 3.63. The number of hydrogen-bond donors (Lipinski definition) is 0. The second kappa shape index (κ2) is 5.01. The van der Waals surface area contributed by atoms with Gasteiger partial charge in [-0.3, -0.25) is 0 Å². The average molecular weight is 248 g/mol. The van der Waals surface area contributed by atoms with E-state index in [-0.39, 0.29) is 11.7 Å². The van der Waals surface area contributed by atoms with Gasteiger partial charge in [0.25, 0.3) is 0 Å². The van der Waals surface area contributed by atoms with Crippen LogP contribution in [0.1, 0.15) is 41.3 Å². The van der Waals surface area contributed by atoms with Gasteiger partial charge in [-0.05, 0) is 23.8 Å². The minimum atomic E-state index is -0.00786. The van der Waals surface area contributed by atoms with Gasteiger partial charge in [0, 0.05) is 16.9 Å². The van der Waals surface area contributed by atoms with E-state index in [9.17, 15) is 4.39 Å². The zero-order valence-electron chi connectivity index (χ0n) is 10.5. The normalized spacial score (nSPS) is 11.1. The summed E-state index contributed by atoms with van der Waals surface area (Å²) < 4.78 is 14.1. The smallest absolute Gasteiger partial charge is 0.140 e. The molecular formula is C15H17FS. The predicted octanol–water partition coefficient (Wildman–Crippen LogP) is 4.91. The highest BCUT2D eigenvalue weighted by molar-refractivity contribution is 7.10. The summed E-state index contributed by atoms with van der Waals surface area (Å²) in [6.07, 6.45) is 0.691. The van der Waals surface area contributed by atoms with Crippen LogP contribution in [0.15, 0.2) is 29.6 Å². The third-order valence-electron chi connectivity index (χ3n) is 2.83. The number of rotatable bonds is 3. The summed E-state index contributed by atoms with van der Waals surface area (Å²) in [4.78, 5) is 0.868. The Bertz CT molecular complexity index is 511. The summed E-state index contributed by atoms with van der Waals surface area (Å²) in [5, 5.41) is 1.95. The summed E-state index contributed by atoms with van der Waals surface area (Å²) in [6, 6.07) is 8.26. The fourth-order valence-electron chi connectivity index (χ4n) is 1.95. The zero-order chi connectivity index (χ0) is 12.4. The van der Waals surface area contributed by atoms with E-state index in [0.29, 0.717) is 6.42 Å². The van der Waals surface area contributed by atoms with E-state index in [1.807, 2.05) is 25.3 Å². The number of aryl methyl sites for hydroxylation is 1. The standard InChI is InChI=1S/C15H17FS/c1-10(2)15-14(16)13(9-17-15)8-12-6-4-5-11(3)7-12/h4-7,9-10H,8H2,1-3H3. The molecule has 0 aliphatic carbocycles. The molecule has 0 fully saturated rings. The Balaban J connectivity index is 2.25. The molecule has 17 heavy (non-hydrogen) atoms. The molecule has 2 aromatic rings. The summed E-state index contributed by atoms with van der Waals surface area (Å²) in [7, 11) is 0. The van der Waals surface area contributed by atoms with Crippen molar-refractivity contribution in [2.24, 2.45) is 0 Å². The SMILES string of the molecule is Cc1cccc(Cc2csc(C(C)C)c2F)c1. The third kappa shape index (κ3) is 2.75. The van der Waals surface area contributed by atoms with Gasteiger partial charge in [-0.1, -0.05) is 43.7 Å². The van der Waals surface area contributed by atoms with Crippen molar-refractivity contribution in [1.29, 1.82) is 0 Å². The second-order valence-electron chi connectivity index (χ2n) is 4.76. The number of hydrogen-bond acceptors (Lipinski definition) is 1. The van der Waals surface area contributed by atoms with Gasteiger partial charge in [0.05, 0.1) is 0 Å². The van der Waals surface area contributed by atoms with Gasteiger partial charge >= 0.3 is 0 Å². The molecule has 1 aromatic carbocycles. The van der Waals surface area contributed by atoms with Crippen LogP contribution in [-0.4, -0.2) is 0 Å². The highest BCUT2D eigenvalue weighted by Gasteiger charge is 2.14. The molecular weight excluding hydrogens is 231 g/mol. The Hall–Kier alpha value is -1.15. The monoisotopic (exact) mass is 248 g/mol. The Labute approximate surface area is 106 Å². The molecule has 0 N–H and O–H groups in total. The van der Waals surface area contributed by atoms with Crippen molar-refractivity contribution in [3.63, 3.8) is 0 Å². The van der Waals surface area contributed by atoms with Gasteiger partial charge in [0.1, 0.15) is 5.82 Å². The van der Waals surface area contributed by atoms with Crippen molar-refractivity contribution in [2.75, 3.05) is 0 Å². The van der Waals surface area contributed by atoms with Crippen molar-refractivity contribution in [1.82, 2.24) is 0 Å². The Morgan fingerprint density at radius 3 is 2.65 bits per heavy atom. The third-order valence-corrected chi connectivity index (χ3v) is 4.13. The summed E-state index contributed by atoms with van der Waals surface area (Å²) >= 11 is 1.53. The van der Waals surface area contributed by atoms with Crippen LogP contribution in [0.25, 0.3) is 0 Å². The van der Waals surface area contributed by atoms with E-state index in [2.05, 4.69) is 25.1 Å². The van der Waals surface area contributed by atoms with Gasteiger partial charge in [-0.25, -0.2) is 4.39 Å². The van der Waals surface area contributed by atoms with Crippen molar-refractivity contribution in [3.05, 3.63) is 57.0 Å². The molecule has 0 saturated carbocycles. The van der Waals surface area contributed by atoms with Gasteiger partial charge in [-0.2, -0.15) is 0 Å². The lowest BCUT2D eigenvalue weighted by atomic mass is 10.0. The van der Waals surface area contributed by atoms with E-state index in [1.54, 1.807) is 0 Å². The molecule has 0 spiro atoms. The first-order valence-electron chi connectivity index (χ1n) is 5.89. The fourth-order valence-corrected chi connectivity index (χ4v) is 2.91. The highest BCUT2D eigenvalue weighted by Crippen LogP contribution is 2.29. The predicted molar refractivity (Wildman–Crippen MR) is 72.4 cm³/mol. The highest BCUT2D eigenvalue weighted by atomic mass is 32.1. The van der Waals surface area contributed by atoms with Crippen LogP contribution >= 0.6 is 11.3 Å². The second-order valence-corrected chi connectivity index (χ2v) is 5.67. The lowest BCUT2D eigenvalue weighted by Crippen LogP contribution is -1.92. The molecule has 0 amide bonds. The number of halogens is 1. The van der Waals surface area contributed by atoms with Crippen LogP contribution < -0.4 is 0 Å². The van der Waals surface area contributed by atoms with Crippen molar-refractivity contribution >= 4 is 11.3 Å². The number of thiophene rings is 1. The van der Waals surface area contributed by atoms with Crippen LogP contribution in [0.5, 0.6) is 0 Å². The molecule has 0 unspecified atom stereocenters. The minimum Gasteiger partial charge on any atom is -0.205 e. The topological polar surface area (TPSA) is 0 Å². The number of benzene rings is 1. The molecule has 90 valence electrons.